The average molecular weight is 275 g/mol. The van der Waals surface area contributed by atoms with Gasteiger partial charge in [0.1, 0.15) is 0 Å². The van der Waals surface area contributed by atoms with E-state index >= 15 is 0 Å². The molecule has 4 atom stereocenters. The summed E-state index contributed by atoms with van der Waals surface area (Å²) in [6.45, 7) is 0.624. The molecule has 0 aliphatic heterocycles. The van der Waals surface area contributed by atoms with E-state index in [1.165, 1.54) is 26.3 Å². The van der Waals surface area contributed by atoms with Gasteiger partial charge in [-0.15, -0.1) is 0 Å². The zero-order chi connectivity index (χ0) is 14.0. The summed E-state index contributed by atoms with van der Waals surface area (Å²) in [6, 6.07) is 2.20. The van der Waals surface area contributed by atoms with Crippen molar-refractivity contribution in [2.45, 2.75) is 31.8 Å². The molecule has 20 heavy (non-hydrogen) atoms. The first kappa shape index (κ1) is 12.4. The van der Waals surface area contributed by atoms with Gasteiger partial charge < -0.3 is 5.32 Å². The first-order chi connectivity index (χ1) is 9.58. The fraction of sp³-hybridized carbons (Fsp3) is 0.733. The van der Waals surface area contributed by atoms with Crippen molar-refractivity contribution >= 4 is 0 Å². The van der Waals surface area contributed by atoms with Crippen LogP contribution in [0.4, 0.5) is 0 Å². The van der Waals surface area contributed by atoms with Crippen LogP contribution in [-0.2, 0) is 20.6 Å². The van der Waals surface area contributed by atoms with E-state index in [0.717, 1.165) is 33.9 Å². The van der Waals surface area contributed by atoms with Crippen LogP contribution in [0.3, 0.4) is 0 Å². The molecule has 0 amide bonds. The van der Waals surface area contributed by atoms with Crippen LogP contribution in [0, 0.1) is 23.7 Å². The lowest BCUT2D eigenvalue weighted by Gasteiger charge is -2.13. The molecule has 3 fully saturated rings. The van der Waals surface area contributed by atoms with Crippen molar-refractivity contribution in [1.82, 2.24) is 14.5 Å². The molecule has 2 bridgehead atoms. The Hall–Kier alpha value is -1.36. The molecule has 1 heterocycles. The van der Waals surface area contributed by atoms with Crippen molar-refractivity contribution in [3.05, 3.63) is 32.6 Å². The van der Waals surface area contributed by atoms with Crippen LogP contribution in [-0.4, -0.2) is 15.2 Å². The molecule has 3 aliphatic carbocycles. The molecular weight excluding hydrogens is 254 g/mol. The second-order valence-electron chi connectivity index (χ2n) is 6.77. The quantitative estimate of drug-likeness (QED) is 0.858. The molecule has 3 aliphatic rings. The van der Waals surface area contributed by atoms with Crippen LogP contribution in [0.15, 0.2) is 15.7 Å². The molecule has 1 aromatic heterocycles. The van der Waals surface area contributed by atoms with Crippen LogP contribution < -0.4 is 16.6 Å². The van der Waals surface area contributed by atoms with E-state index in [-0.39, 0.29) is 11.2 Å². The third-order valence-electron chi connectivity index (χ3n) is 5.88. The van der Waals surface area contributed by atoms with Crippen LogP contribution in [0.25, 0.3) is 0 Å². The minimum atomic E-state index is -0.245. The van der Waals surface area contributed by atoms with Gasteiger partial charge in [-0.3, -0.25) is 13.9 Å². The van der Waals surface area contributed by atoms with E-state index in [1.54, 1.807) is 17.7 Å². The number of hydrogen-bond acceptors (Lipinski definition) is 3. The predicted molar refractivity (Wildman–Crippen MR) is 75.4 cm³/mol. The van der Waals surface area contributed by atoms with Crippen molar-refractivity contribution in [3.8, 4) is 0 Å². The smallest absolute Gasteiger partial charge is 0.308 e. The van der Waals surface area contributed by atoms with E-state index in [2.05, 4.69) is 5.32 Å². The molecule has 5 heteroatoms. The molecule has 0 aromatic carbocycles. The number of hydrogen-bond donors (Lipinski definition) is 1. The Bertz CT molecular complexity index is 659. The second kappa shape index (κ2) is 4.07. The SMILES string of the molecule is Cn1c(CNC2C3C4CCC(C4)C23)cc(=O)n(C)c1=O. The third-order valence-corrected chi connectivity index (χ3v) is 5.88. The summed E-state index contributed by atoms with van der Waals surface area (Å²) in [5, 5.41) is 3.58. The topological polar surface area (TPSA) is 56.0 Å². The standard InChI is InChI=1S/C15H21N3O2/c1-17-10(6-11(19)18(2)15(17)20)7-16-14-12-8-3-4-9(5-8)13(12)14/h6,8-9,12-14,16H,3-5,7H2,1-2H3. The maximum absolute atomic E-state index is 11.9. The Balaban J connectivity index is 1.49. The van der Waals surface area contributed by atoms with Gasteiger partial charge in [0, 0.05) is 38.4 Å². The highest BCUT2D eigenvalue weighted by Crippen LogP contribution is 2.65. The molecule has 5 nitrogen and oxygen atoms in total. The Morgan fingerprint density at radius 1 is 1.15 bits per heavy atom. The van der Waals surface area contributed by atoms with Gasteiger partial charge in [0.2, 0.25) is 0 Å². The summed E-state index contributed by atoms with van der Waals surface area (Å²) in [5.41, 5.74) is 0.321. The first-order valence-corrected chi connectivity index (χ1v) is 7.57. The molecule has 1 N–H and O–H groups in total. The summed E-state index contributed by atoms with van der Waals surface area (Å²) >= 11 is 0. The van der Waals surface area contributed by atoms with Crippen LogP contribution >= 0.6 is 0 Å². The highest BCUT2D eigenvalue weighted by molar-refractivity contribution is 5.17. The minimum absolute atomic E-state index is 0.221. The normalized spacial score (nSPS) is 37.2. The lowest BCUT2D eigenvalue weighted by Crippen LogP contribution is -2.39. The number of rotatable bonds is 3. The van der Waals surface area contributed by atoms with Crippen LogP contribution in [0.2, 0.25) is 0 Å². The molecule has 108 valence electrons. The summed E-state index contributed by atoms with van der Waals surface area (Å²) in [6.07, 6.45) is 4.26. The minimum Gasteiger partial charge on any atom is -0.308 e. The monoisotopic (exact) mass is 275 g/mol. The highest BCUT2D eigenvalue weighted by atomic mass is 16.2. The molecule has 0 radical (unpaired) electrons. The average Bonchev–Trinajstić information content (AvgIpc) is 2.82. The van der Waals surface area contributed by atoms with Crippen LogP contribution in [0.5, 0.6) is 0 Å². The maximum atomic E-state index is 11.9. The van der Waals surface area contributed by atoms with Gasteiger partial charge >= 0.3 is 5.69 Å². The van der Waals surface area contributed by atoms with Crippen molar-refractivity contribution < 1.29 is 0 Å². The highest BCUT2D eigenvalue weighted by Gasteiger charge is 2.64. The van der Waals surface area contributed by atoms with Gasteiger partial charge in [-0.25, -0.2) is 4.79 Å². The fourth-order valence-electron chi connectivity index (χ4n) is 4.77. The molecule has 4 unspecified atom stereocenters. The van der Waals surface area contributed by atoms with E-state index in [9.17, 15) is 9.59 Å². The Kier molecular flexibility index (Phi) is 2.52. The van der Waals surface area contributed by atoms with Gasteiger partial charge in [-0.05, 0) is 42.9 Å². The maximum Gasteiger partial charge on any atom is 0.330 e. The van der Waals surface area contributed by atoms with Crippen molar-refractivity contribution in [1.29, 1.82) is 0 Å². The number of fused-ring (bicyclic) bond motifs is 5. The fourth-order valence-corrected chi connectivity index (χ4v) is 4.77. The lowest BCUT2D eigenvalue weighted by molar-refractivity contribution is 0.455. The summed E-state index contributed by atoms with van der Waals surface area (Å²) in [7, 11) is 3.25. The van der Waals surface area contributed by atoms with E-state index < -0.39 is 0 Å². The van der Waals surface area contributed by atoms with Crippen LogP contribution in [0.1, 0.15) is 25.0 Å². The van der Waals surface area contributed by atoms with Crippen molar-refractivity contribution in [2.24, 2.45) is 37.8 Å². The second-order valence-corrected chi connectivity index (χ2v) is 6.77. The molecule has 1 aromatic rings. The zero-order valence-corrected chi connectivity index (χ0v) is 12.0. The number of aromatic nitrogens is 2. The summed E-state index contributed by atoms with van der Waals surface area (Å²) < 4.78 is 2.72. The summed E-state index contributed by atoms with van der Waals surface area (Å²) in [4.78, 5) is 23.6. The van der Waals surface area contributed by atoms with Crippen molar-refractivity contribution in [3.63, 3.8) is 0 Å². The molecular formula is C15H21N3O2. The van der Waals surface area contributed by atoms with Crippen molar-refractivity contribution in [2.75, 3.05) is 0 Å². The Morgan fingerprint density at radius 2 is 1.80 bits per heavy atom. The third kappa shape index (κ3) is 1.59. The van der Waals surface area contributed by atoms with Gasteiger partial charge in [-0.2, -0.15) is 0 Å². The molecule has 0 saturated heterocycles. The number of nitrogens with zero attached hydrogens (tertiary/aromatic N) is 2. The summed E-state index contributed by atoms with van der Waals surface area (Å²) in [5.74, 6) is 3.62. The molecule has 4 rings (SSSR count). The lowest BCUT2D eigenvalue weighted by atomic mass is 10.0. The van der Waals surface area contributed by atoms with E-state index in [0.29, 0.717) is 12.6 Å². The van der Waals surface area contributed by atoms with Gasteiger partial charge in [0.25, 0.3) is 5.56 Å². The van der Waals surface area contributed by atoms with Gasteiger partial charge in [0.15, 0.2) is 0 Å². The Morgan fingerprint density at radius 3 is 2.45 bits per heavy atom. The predicted octanol–water partition coefficient (Wildman–Crippen LogP) is 0.218. The first-order valence-electron chi connectivity index (χ1n) is 7.57. The van der Waals surface area contributed by atoms with Gasteiger partial charge in [0.05, 0.1) is 0 Å². The van der Waals surface area contributed by atoms with Gasteiger partial charge in [-0.1, -0.05) is 0 Å². The zero-order valence-electron chi connectivity index (χ0n) is 12.0. The van der Waals surface area contributed by atoms with E-state index in [1.807, 2.05) is 0 Å². The van der Waals surface area contributed by atoms with E-state index in [4.69, 9.17) is 0 Å². The molecule has 3 saturated carbocycles. The number of nitrogens with one attached hydrogen (secondary N) is 1. The molecule has 0 spiro atoms. The largest absolute Gasteiger partial charge is 0.330 e. The Labute approximate surface area is 117 Å².